The Bertz CT molecular complexity index is 435. The van der Waals surface area contributed by atoms with Crippen LogP contribution < -0.4 is 0 Å². The predicted octanol–water partition coefficient (Wildman–Crippen LogP) is -4.62. The van der Waals surface area contributed by atoms with Gasteiger partial charge >= 0.3 is 0 Å². The molecule has 2 saturated heterocycles. The monoisotopic (exact) mass is 370 g/mol. The van der Waals surface area contributed by atoms with E-state index in [1.54, 1.807) is 0 Å². The molecule has 8 N–H and O–H groups in total. The average molecular weight is 370 g/mol. The first kappa shape index (κ1) is 20.9. The fraction of sp³-hybridized carbons (Fsp3) is 1.00. The second-order valence-corrected chi connectivity index (χ2v) is 6.27. The van der Waals surface area contributed by atoms with Crippen LogP contribution in [0.3, 0.4) is 0 Å². The summed E-state index contributed by atoms with van der Waals surface area (Å²) in [6, 6.07) is 0. The fourth-order valence-electron chi connectivity index (χ4n) is 2.98. The van der Waals surface area contributed by atoms with E-state index in [9.17, 15) is 35.7 Å². The molecule has 2 aliphatic rings. The van der Waals surface area contributed by atoms with Gasteiger partial charge in [-0.2, -0.15) is 0 Å². The van der Waals surface area contributed by atoms with Gasteiger partial charge < -0.3 is 55.1 Å². The van der Waals surface area contributed by atoms with E-state index in [4.69, 9.17) is 19.3 Å². The third-order valence-corrected chi connectivity index (χ3v) is 4.67. The molecule has 0 spiro atoms. The van der Waals surface area contributed by atoms with Gasteiger partial charge in [-0.3, -0.25) is 0 Å². The van der Waals surface area contributed by atoms with Crippen LogP contribution in [0.1, 0.15) is 13.3 Å². The zero-order valence-corrected chi connectivity index (χ0v) is 13.6. The first-order valence-electron chi connectivity index (χ1n) is 8.03. The van der Waals surface area contributed by atoms with Gasteiger partial charge in [-0.1, -0.05) is 6.92 Å². The molecule has 25 heavy (non-hydrogen) atoms. The largest absolute Gasteiger partial charge is 0.394 e. The second kappa shape index (κ2) is 8.06. The number of aliphatic hydroxyl groups excluding tert-OH is 7. The number of hydrogen-bond acceptors (Lipinski definition) is 11. The van der Waals surface area contributed by atoms with Gasteiger partial charge in [-0.25, -0.2) is 0 Å². The number of hydrogen-bond donors (Lipinski definition) is 8. The van der Waals surface area contributed by atoms with Crippen molar-refractivity contribution in [3.8, 4) is 0 Å². The number of aliphatic hydroxyl groups is 8. The second-order valence-electron chi connectivity index (χ2n) is 6.27. The summed E-state index contributed by atoms with van der Waals surface area (Å²) in [5, 5.41) is 78.8. The van der Waals surface area contributed by atoms with Gasteiger partial charge in [0.1, 0.15) is 48.8 Å². The summed E-state index contributed by atoms with van der Waals surface area (Å²) < 4.78 is 15.6. The summed E-state index contributed by atoms with van der Waals surface area (Å²) >= 11 is 0. The van der Waals surface area contributed by atoms with E-state index in [1.165, 1.54) is 6.92 Å². The van der Waals surface area contributed by atoms with Crippen molar-refractivity contribution < 1.29 is 55.1 Å². The molecule has 0 aromatic carbocycles. The minimum absolute atomic E-state index is 0.0913. The molecule has 0 unspecified atom stereocenters. The van der Waals surface area contributed by atoms with Gasteiger partial charge in [0.25, 0.3) is 0 Å². The Morgan fingerprint density at radius 2 is 1.48 bits per heavy atom. The summed E-state index contributed by atoms with van der Waals surface area (Å²) in [5.41, 5.74) is 0. The third kappa shape index (κ3) is 3.82. The maximum atomic E-state index is 10.3. The standard InChI is InChI=1S/C14H26O11/c1-2-14(22)12(21)11(8(18)6(4-16)25-14)24-13-10(20)9(19)7(17)5(3-15)23-13/h5-13,15-22H,2-4H2,1H3/t5-,6-,7+,8+,9+,10-,11+,12-,13-,14-/m1/s1. The van der Waals surface area contributed by atoms with Crippen LogP contribution in [0.2, 0.25) is 0 Å². The average Bonchev–Trinajstić information content (AvgIpc) is 2.61. The lowest BCUT2D eigenvalue weighted by atomic mass is 9.90. The molecular weight excluding hydrogens is 344 g/mol. The SMILES string of the molecule is CC[C@@]1(O)O[C@H](CO)[C@H](O)[C@H](O[C@H]2O[C@H](CO)[C@H](O)[C@H](O)[C@H]2O)[C@H]1O. The normalized spacial score (nSPS) is 51.5. The molecule has 2 heterocycles. The molecule has 10 atom stereocenters. The minimum Gasteiger partial charge on any atom is -0.394 e. The number of rotatable bonds is 5. The van der Waals surface area contributed by atoms with Gasteiger partial charge in [0.15, 0.2) is 12.1 Å². The lowest BCUT2D eigenvalue weighted by Gasteiger charge is -2.49. The first-order chi connectivity index (χ1) is 11.7. The molecule has 2 fully saturated rings. The van der Waals surface area contributed by atoms with Crippen LogP contribution >= 0.6 is 0 Å². The molecule has 148 valence electrons. The summed E-state index contributed by atoms with van der Waals surface area (Å²) in [6.45, 7) is 0.146. The Hall–Kier alpha value is -0.440. The van der Waals surface area contributed by atoms with E-state index < -0.39 is 74.1 Å². The van der Waals surface area contributed by atoms with E-state index in [0.29, 0.717) is 0 Å². The minimum atomic E-state index is -2.12. The summed E-state index contributed by atoms with van der Waals surface area (Å²) in [7, 11) is 0. The van der Waals surface area contributed by atoms with Crippen molar-refractivity contribution in [3.05, 3.63) is 0 Å². The van der Waals surface area contributed by atoms with Crippen molar-refractivity contribution in [1.82, 2.24) is 0 Å². The van der Waals surface area contributed by atoms with Crippen molar-refractivity contribution in [3.63, 3.8) is 0 Å². The highest BCUT2D eigenvalue weighted by Gasteiger charge is 2.55. The van der Waals surface area contributed by atoms with E-state index in [0.717, 1.165) is 0 Å². The molecule has 0 saturated carbocycles. The highest BCUT2D eigenvalue weighted by Crippen LogP contribution is 2.34. The highest BCUT2D eigenvalue weighted by molar-refractivity contribution is 4.98. The van der Waals surface area contributed by atoms with Crippen molar-refractivity contribution >= 4 is 0 Å². The Kier molecular flexibility index (Phi) is 6.73. The number of ether oxygens (including phenoxy) is 3. The molecule has 11 nitrogen and oxygen atoms in total. The Labute approximate surface area is 143 Å². The molecule has 11 heteroatoms. The zero-order chi connectivity index (χ0) is 18.9. The van der Waals surface area contributed by atoms with Crippen molar-refractivity contribution in [2.45, 2.75) is 74.3 Å². The van der Waals surface area contributed by atoms with Crippen LogP contribution in [-0.4, -0.2) is 115 Å². The van der Waals surface area contributed by atoms with Crippen LogP contribution in [0.25, 0.3) is 0 Å². The van der Waals surface area contributed by atoms with Gasteiger partial charge in [0, 0.05) is 6.42 Å². The fourth-order valence-corrected chi connectivity index (χ4v) is 2.98. The highest BCUT2D eigenvalue weighted by atomic mass is 16.7. The van der Waals surface area contributed by atoms with Gasteiger partial charge in [0.05, 0.1) is 13.2 Å². The van der Waals surface area contributed by atoms with E-state index in [-0.39, 0.29) is 6.42 Å². The zero-order valence-electron chi connectivity index (χ0n) is 13.6. The topological polar surface area (TPSA) is 190 Å². The van der Waals surface area contributed by atoms with E-state index >= 15 is 0 Å². The summed E-state index contributed by atoms with van der Waals surface area (Å²) in [5.74, 6) is -2.12. The van der Waals surface area contributed by atoms with Crippen LogP contribution in [0.4, 0.5) is 0 Å². The lowest BCUT2D eigenvalue weighted by Crippen LogP contribution is -2.68. The molecule has 2 rings (SSSR count). The first-order valence-corrected chi connectivity index (χ1v) is 8.03. The quantitative estimate of drug-likeness (QED) is 0.232. The van der Waals surface area contributed by atoms with Crippen molar-refractivity contribution in [2.75, 3.05) is 13.2 Å². The maximum Gasteiger partial charge on any atom is 0.194 e. The Morgan fingerprint density at radius 3 is 2.00 bits per heavy atom. The Morgan fingerprint density at radius 1 is 0.880 bits per heavy atom. The van der Waals surface area contributed by atoms with Crippen LogP contribution in [0.5, 0.6) is 0 Å². The molecule has 0 aliphatic carbocycles. The van der Waals surface area contributed by atoms with Gasteiger partial charge in [-0.15, -0.1) is 0 Å². The molecule has 2 aliphatic heterocycles. The molecular formula is C14H26O11. The van der Waals surface area contributed by atoms with Gasteiger partial charge in [0.2, 0.25) is 0 Å². The molecule has 0 aromatic heterocycles. The third-order valence-electron chi connectivity index (χ3n) is 4.67. The van der Waals surface area contributed by atoms with Crippen molar-refractivity contribution in [1.29, 1.82) is 0 Å². The maximum absolute atomic E-state index is 10.3. The molecule has 0 aromatic rings. The summed E-state index contributed by atoms with van der Waals surface area (Å²) in [6.07, 6.45) is -14.2. The van der Waals surface area contributed by atoms with Crippen LogP contribution in [-0.2, 0) is 14.2 Å². The smallest absolute Gasteiger partial charge is 0.194 e. The van der Waals surface area contributed by atoms with E-state index in [2.05, 4.69) is 0 Å². The lowest BCUT2D eigenvalue weighted by molar-refractivity contribution is -0.385. The molecule has 0 bridgehead atoms. The van der Waals surface area contributed by atoms with Crippen molar-refractivity contribution in [2.24, 2.45) is 0 Å². The van der Waals surface area contributed by atoms with Gasteiger partial charge in [-0.05, 0) is 0 Å². The Balaban J connectivity index is 2.20. The molecule has 0 amide bonds. The van der Waals surface area contributed by atoms with Crippen LogP contribution in [0.15, 0.2) is 0 Å². The molecule has 0 radical (unpaired) electrons. The predicted molar refractivity (Wildman–Crippen MR) is 77.9 cm³/mol. The van der Waals surface area contributed by atoms with E-state index in [1.807, 2.05) is 0 Å². The van der Waals surface area contributed by atoms with Crippen LogP contribution in [0, 0.1) is 0 Å². The summed E-state index contributed by atoms with van der Waals surface area (Å²) in [4.78, 5) is 0.